The van der Waals surface area contributed by atoms with Crippen LogP contribution in [0.2, 0.25) is 0 Å². The van der Waals surface area contributed by atoms with Gasteiger partial charge in [0.2, 0.25) is 0 Å². The largest absolute Gasteiger partial charge is 0.418 e. The molecule has 0 aliphatic heterocycles. The molecule has 0 fully saturated rings. The molecule has 19 heavy (non-hydrogen) atoms. The third kappa shape index (κ3) is 3.35. The van der Waals surface area contributed by atoms with Crippen LogP contribution in [0.3, 0.4) is 0 Å². The Morgan fingerprint density at radius 1 is 1.16 bits per heavy atom. The minimum atomic E-state index is -4.39. The van der Waals surface area contributed by atoms with Gasteiger partial charge in [-0.1, -0.05) is 18.2 Å². The molecule has 1 N–H and O–H groups in total. The fourth-order valence-corrected chi connectivity index (χ4v) is 2.19. The number of hydrogen-bond acceptors (Lipinski definition) is 3. The Kier molecular flexibility index (Phi) is 3.90. The molecule has 0 unspecified atom stereocenters. The highest BCUT2D eigenvalue weighted by atomic mass is 32.1. The summed E-state index contributed by atoms with van der Waals surface area (Å²) in [6.07, 6.45) is -4.39. The van der Waals surface area contributed by atoms with Crippen LogP contribution in [0.4, 0.5) is 18.9 Å². The molecule has 1 aromatic carbocycles. The van der Waals surface area contributed by atoms with Crippen molar-refractivity contribution in [1.82, 2.24) is 0 Å². The maximum atomic E-state index is 12.8. The van der Waals surface area contributed by atoms with E-state index in [9.17, 15) is 13.2 Å². The number of nitrogens with zero attached hydrogens (tertiary/aromatic N) is 1. The molecule has 0 aliphatic rings. The molecule has 6 heteroatoms. The van der Waals surface area contributed by atoms with Crippen molar-refractivity contribution in [2.24, 2.45) is 5.10 Å². The topological polar surface area (TPSA) is 24.4 Å². The molecule has 2 nitrogen and oxygen atoms in total. The molecule has 1 aromatic heterocycles. The first-order valence-electron chi connectivity index (χ1n) is 5.49. The number of thiophene rings is 1. The molecule has 0 amide bonds. The highest BCUT2D eigenvalue weighted by Crippen LogP contribution is 2.34. The Balaban J connectivity index is 2.23. The summed E-state index contributed by atoms with van der Waals surface area (Å²) in [5.74, 6) is 0. The van der Waals surface area contributed by atoms with E-state index in [0.717, 1.165) is 10.9 Å². The highest BCUT2D eigenvalue weighted by molar-refractivity contribution is 7.12. The SMILES string of the molecule is CC(=NNc1ccccc1C(F)(F)F)c1cccs1. The average Bonchev–Trinajstić information content (AvgIpc) is 2.89. The fourth-order valence-electron chi connectivity index (χ4n) is 1.51. The highest BCUT2D eigenvalue weighted by Gasteiger charge is 2.33. The first-order chi connectivity index (χ1) is 8.98. The number of nitrogens with one attached hydrogen (secondary N) is 1. The summed E-state index contributed by atoms with van der Waals surface area (Å²) in [7, 11) is 0. The van der Waals surface area contributed by atoms with Crippen molar-refractivity contribution in [2.45, 2.75) is 13.1 Å². The molecule has 0 atom stereocenters. The number of benzene rings is 1. The first-order valence-corrected chi connectivity index (χ1v) is 6.37. The lowest BCUT2D eigenvalue weighted by Gasteiger charge is -2.11. The lowest BCUT2D eigenvalue weighted by Crippen LogP contribution is -2.09. The third-order valence-corrected chi connectivity index (χ3v) is 3.43. The smallest absolute Gasteiger partial charge is 0.278 e. The van der Waals surface area contributed by atoms with Gasteiger partial charge in [-0.15, -0.1) is 11.3 Å². The van der Waals surface area contributed by atoms with Crippen LogP contribution < -0.4 is 5.43 Å². The van der Waals surface area contributed by atoms with Crippen molar-refractivity contribution >= 4 is 22.7 Å². The van der Waals surface area contributed by atoms with Crippen molar-refractivity contribution in [1.29, 1.82) is 0 Å². The van der Waals surface area contributed by atoms with Gasteiger partial charge in [-0.2, -0.15) is 18.3 Å². The van der Waals surface area contributed by atoms with Crippen LogP contribution in [-0.2, 0) is 6.18 Å². The summed E-state index contributed by atoms with van der Waals surface area (Å²) >= 11 is 1.48. The van der Waals surface area contributed by atoms with Gasteiger partial charge in [0.25, 0.3) is 0 Å². The third-order valence-electron chi connectivity index (χ3n) is 2.45. The number of anilines is 1. The first kappa shape index (κ1) is 13.6. The summed E-state index contributed by atoms with van der Waals surface area (Å²) in [4.78, 5) is 0.914. The summed E-state index contributed by atoms with van der Waals surface area (Å²) in [5, 5.41) is 5.88. The molecule has 0 saturated heterocycles. The molecular formula is C13H11F3N2S. The van der Waals surface area contributed by atoms with Crippen LogP contribution >= 0.6 is 11.3 Å². The van der Waals surface area contributed by atoms with E-state index < -0.39 is 11.7 Å². The van der Waals surface area contributed by atoms with Gasteiger partial charge in [-0.25, -0.2) is 0 Å². The Bertz CT molecular complexity index is 574. The molecule has 0 radical (unpaired) electrons. The van der Waals surface area contributed by atoms with Gasteiger partial charge >= 0.3 is 6.18 Å². The van der Waals surface area contributed by atoms with Crippen LogP contribution in [0.5, 0.6) is 0 Å². The maximum Gasteiger partial charge on any atom is 0.418 e. The van der Waals surface area contributed by atoms with E-state index in [1.165, 1.54) is 29.5 Å². The second kappa shape index (κ2) is 5.44. The minimum absolute atomic E-state index is 0.0501. The van der Waals surface area contributed by atoms with Gasteiger partial charge in [-0.3, -0.25) is 5.43 Å². The second-order valence-corrected chi connectivity index (χ2v) is 4.78. The standard InChI is InChI=1S/C13H11F3N2S/c1-9(12-7-4-8-19-12)17-18-11-6-3-2-5-10(11)13(14,15)16/h2-8,18H,1H3. The lowest BCUT2D eigenvalue weighted by molar-refractivity contribution is -0.136. The monoisotopic (exact) mass is 284 g/mol. The van der Waals surface area contributed by atoms with Crippen LogP contribution in [0.25, 0.3) is 0 Å². The average molecular weight is 284 g/mol. The van der Waals surface area contributed by atoms with Gasteiger partial charge in [0.05, 0.1) is 17.0 Å². The second-order valence-electron chi connectivity index (χ2n) is 3.83. The van der Waals surface area contributed by atoms with E-state index in [1.54, 1.807) is 6.92 Å². The molecular weight excluding hydrogens is 273 g/mol. The zero-order chi connectivity index (χ0) is 13.9. The van der Waals surface area contributed by atoms with Crippen LogP contribution in [0.1, 0.15) is 17.4 Å². The van der Waals surface area contributed by atoms with Crippen molar-refractivity contribution < 1.29 is 13.2 Å². The number of hydrazone groups is 1. The quantitative estimate of drug-likeness (QED) is 0.646. The van der Waals surface area contributed by atoms with E-state index in [0.29, 0.717) is 5.71 Å². The van der Waals surface area contributed by atoms with Gasteiger partial charge < -0.3 is 0 Å². The summed E-state index contributed by atoms with van der Waals surface area (Å²) in [6, 6.07) is 8.99. The van der Waals surface area contributed by atoms with E-state index in [4.69, 9.17) is 0 Å². The van der Waals surface area contributed by atoms with E-state index in [-0.39, 0.29) is 5.69 Å². The summed E-state index contributed by atoms with van der Waals surface area (Å²) in [5.41, 5.74) is 2.35. The zero-order valence-corrected chi connectivity index (χ0v) is 10.8. The molecule has 1 heterocycles. The fraction of sp³-hybridized carbons (Fsp3) is 0.154. The van der Waals surface area contributed by atoms with Crippen molar-refractivity contribution in [2.75, 3.05) is 5.43 Å². The van der Waals surface area contributed by atoms with Crippen molar-refractivity contribution in [3.05, 3.63) is 52.2 Å². The Morgan fingerprint density at radius 2 is 1.89 bits per heavy atom. The number of alkyl halides is 3. The Morgan fingerprint density at radius 3 is 2.53 bits per heavy atom. The molecule has 0 bridgehead atoms. The number of hydrogen-bond donors (Lipinski definition) is 1. The molecule has 2 rings (SSSR count). The maximum absolute atomic E-state index is 12.8. The summed E-state index contributed by atoms with van der Waals surface area (Å²) < 4.78 is 38.3. The minimum Gasteiger partial charge on any atom is -0.278 e. The molecule has 100 valence electrons. The predicted octanol–water partition coefficient (Wildman–Crippen LogP) is 4.60. The van der Waals surface area contributed by atoms with Gasteiger partial charge in [0, 0.05) is 4.88 Å². The van der Waals surface area contributed by atoms with Crippen LogP contribution in [-0.4, -0.2) is 5.71 Å². The Hall–Kier alpha value is -1.82. The number of para-hydroxylation sites is 1. The number of rotatable bonds is 3. The van der Waals surface area contributed by atoms with Crippen LogP contribution in [0.15, 0.2) is 46.9 Å². The zero-order valence-electron chi connectivity index (χ0n) is 10.0. The molecule has 0 spiro atoms. The van der Waals surface area contributed by atoms with Crippen molar-refractivity contribution in [3.8, 4) is 0 Å². The van der Waals surface area contributed by atoms with E-state index >= 15 is 0 Å². The normalized spacial score (nSPS) is 12.5. The van der Waals surface area contributed by atoms with Crippen LogP contribution in [0, 0.1) is 0 Å². The van der Waals surface area contributed by atoms with E-state index in [2.05, 4.69) is 10.5 Å². The molecule has 0 saturated carbocycles. The number of halogens is 3. The lowest BCUT2D eigenvalue weighted by atomic mass is 10.2. The van der Waals surface area contributed by atoms with Gasteiger partial charge in [-0.05, 0) is 30.5 Å². The van der Waals surface area contributed by atoms with Gasteiger partial charge in [0.15, 0.2) is 0 Å². The predicted molar refractivity (Wildman–Crippen MR) is 71.6 cm³/mol. The van der Waals surface area contributed by atoms with Crippen molar-refractivity contribution in [3.63, 3.8) is 0 Å². The molecule has 2 aromatic rings. The molecule has 0 aliphatic carbocycles. The Labute approximate surface area is 112 Å². The van der Waals surface area contributed by atoms with E-state index in [1.807, 2.05) is 17.5 Å². The summed E-state index contributed by atoms with van der Waals surface area (Å²) in [6.45, 7) is 1.75. The van der Waals surface area contributed by atoms with Gasteiger partial charge in [0.1, 0.15) is 0 Å².